The maximum Gasteiger partial charge on any atom is 0.107 e. The summed E-state index contributed by atoms with van der Waals surface area (Å²) in [5.74, 6) is 2.37. The summed E-state index contributed by atoms with van der Waals surface area (Å²) in [5.41, 5.74) is 0. The summed E-state index contributed by atoms with van der Waals surface area (Å²) in [7, 11) is 0. The van der Waals surface area contributed by atoms with Crippen molar-refractivity contribution < 1.29 is 4.74 Å². The van der Waals surface area contributed by atoms with Gasteiger partial charge >= 0.3 is 0 Å². The first-order valence-corrected chi connectivity index (χ1v) is 2.54. The molecule has 0 saturated heterocycles. The van der Waals surface area contributed by atoms with Gasteiger partial charge in [-0.2, -0.15) is 0 Å². The molecule has 0 unspecified atom stereocenters. The molecule has 0 aromatic rings. The van der Waals surface area contributed by atoms with Crippen molar-refractivity contribution in [1.29, 1.82) is 0 Å². The van der Waals surface area contributed by atoms with Gasteiger partial charge in [0, 0.05) is 0 Å². The van der Waals surface area contributed by atoms with Gasteiger partial charge < -0.3 is 4.74 Å². The van der Waals surface area contributed by atoms with Crippen LogP contribution >= 0.6 is 0 Å². The van der Waals surface area contributed by atoms with Crippen molar-refractivity contribution >= 4 is 0 Å². The first kappa shape index (κ1) is 7.26. The Labute approximate surface area is 50.4 Å². The van der Waals surface area contributed by atoms with E-state index in [1.807, 2.05) is 19.1 Å². The molecule has 8 heavy (non-hydrogen) atoms. The molecule has 0 heterocycles. The second kappa shape index (κ2) is 6.26. The third-order valence-corrected chi connectivity index (χ3v) is 0.635. The van der Waals surface area contributed by atoms with Crippen molar-refractivity contribution in [3.05, 3.63) is 12.2 Å². The predicted molar refractivity (Wildman–Crippen MR) is 34.5 cm³/mol. The molecule has 0 radical (unpaired) electrons. The van der Waals surface area contributed by atoms with E-state index in [4.69, 9.17) is 11.2 Å². The van der Waals surface area contributed by atoms with Crippen LogP contribution in [0.2, 0.25) is 0 Å². The van der Waals surface area contributed by atoms with Crippen LogP contribution in [0.15, 0.2) is 12.2 Å². The lowest BCUT2D eigenvalue weighted by Gasteiger charge is -1.89. The fourth-order valence-corrected chi connectivity index (χ4v) is 0.282. The smallest absolute Gasteiger partial charge is 0.107 e. The molecule has 0 fully saturated rings. The van der Waals surface area contributed by atoms with Crippen molar-refractivity contribution in [2.24, 2.45) is 0 Å². The van der Waals surface area contributed by atoms with E-state index in [9.17, 15) is 0 Å². The number of rotatable bonds is 3. The van der Waals surface area contributed by atoms with E-state index >= 15 is 0 Å². The molecule has 0 bridgehead atoms. The minimum absolute atomic E-state index is 0.407. The molecule has 44 valence electrons. The highest BCUT2D eigenvalue weighted by atomic mass is 16.5. The van der Waals surface area contributed by atoms with Gasteiger partial charge in [-0.15, -0.1) is 6.42 Å². The Bertz CT molecular complexity index is 97.4. The van der Waals surface area contributed by atoms with Gasteiger partial charge in [-0.25, -0.2) is 0 Å². The number of hydrogen-bond acceptors (Lipinski definition) is 1. The minimum atomic E-state index is 0.407. The first-order chi connectivity index (χ1) is 3.91. The van der Waals surface area contributed by atoms with E-state index in [1.54, 1.807) is 0 Å². The summed E-state index contributed by atoms with van der Waals surface area (Å²) >= 11 is 0. The van der Waals surface area contributed by atoms with Crippen LogP contribution in [0.25, 0.3) is 0 Å². The van der Waals surface area contributed by atoms with Gasteiger partial charge in [-0.1, -0.05) is 18.1 Å². The monoisotopic (exact) mass is 110 g/mol. The lowest BCUT2D eigenvalue weighted by Crippen LogP contribution is -1.89. The molecular formula is C7H10O. The van der Waals surface area contributed by atoms with Gasteiger partial charge in [0.15, 0.2) is 0 Å². The highest BCUT2D eigenvalue weighted by molar-refractivity contribution is 4.84. The van der Waals surface area contributed by atoms with E-state index in [2.05, 4.69) is 5.92 Å². The van der Waals surface area contributed by atoms with Gasteiger partial charge in [-0.3, -0.25) is 0 Å². The molecule has 0 N–H and O–H groups in total. The van der Waals surface area contributed by atoms with Gasteiger partial charge in [0.1, 0.15) is 6.61 Å². The quantitative estimate of drug-likeness (QED) is 0.301. The van der Waals surface area contributed by atoms with Crippen molar-refractivity contribution in [2.75, 3.05) is 13.2 Å². The fourth-order valence-electron chi connectivity index (χ4n) is 0.282. The largest absolute Gasteiger partial charge is 0.365 e. The molecule has 0 saturated carbocycles. The maximum absolute atomic E-state index is 4.91. The summed E-state index contributed by atoms with van der Waals surface area (Å²) in [6, 6.07) is 0. The number of hydrogen-bond donors (Lipinski definition) is 0. The lowest BCUT2D eigenvalue weighted by molar-refractivity contribution is 0.199. The lowest BCUT2D eigenvalue weighted by atomic mass is 10.5. The van der Waals surface area contributed by atoms with Gasteiger partial charge in [0.25, 0.3) is 0 Å². The van der Waals surface area contributed by atoms with Crippen molar-refractivity contribution in [1.82, 2.24) is 0 Å². The van der Waals surface area contributed by atoms with Crippen molar-refractivity contribution in [3.8, 4) is 12.3 Å². The molecule has 0 aromatic heterocycles. The van der Waals surface area contributed by atoms with E-state index in [-0.39, 0.29) is 0 Å². The van der Waals surface area contributed by atoms with Crippen molar-refractivity contribution in [3.63, 3.8) is 0 Å². The first-order valence-electron chi connectivity index (χ1n) is 2.54. The number of terminal acetylenes is 1. The summed E-state index contributed by atoms with van der Waals surface area (Å²) in [6.45, 7) is 2.98. The Balaban J connectivity index is 2.85. The van der Waals surface area contributed by atoms with E-state index in [1.165, 1.54) is 0 Å². The standard InChI is InChI=1S/C7H10O/c1-3-5-7-8-6-4-2/h2-3,5H,6-7H2,1H3. The van der Waals surface area contributed by atoms with Crippen LogP contribution in [-0.4, -0.2) is 13.2 Å². The summed E-state index contributed by atoms with van der Waals surface area (Å²) in [4.78, 5) is 0. The average molecular weight is 110 g/mol. The van der Waals surface area contributed by atoms with Crippen LogP contribution in [0.1, 0.15) is 6.92 Å². The molecule has 1 nitrogen and oxygen atoms in total. The van der Waals surface area contributed by atoms with Crippen LogP contribution in [-0.2, 0) is 4.74 Å². The topological polar surface area (TPSA) is 9.23 Å². The Hall–Kier alpha value is -0.740. The molecule has 0 aromatic carbocycles. The fraction of sp³-hybridized carbons (Fsp3) is 0.429. The molecule has 0 aliphatic rings. The van der Waals surface area contributed by atoms with Gasteiger partial charge in [0.2, 0.25) is 0 Å². The zero-order valence-corrected chi connectivity index (χ0v) is 5.05. The Morgan fingerprint density at radius 1 is 1.75 bits per heavy atom. The Kier molecular flexibility index (Phi) is 5.68. The zero-order valence-electron chi connectivity index (χ0n) is 5.05. The minimum Gasteiger partial charge on any atom is -0.365 e. The summed E-state index contributed by atoms with van der Waals surface area (Å²) in [5, 5.41) is 0. The molecule has 0 amide bonds. The van der Waals surface area contributed by atoms with Crippen LogP contribution in [0.5, 0.6) is 0 Å². The van der Waals surface area contributed by atoms with E-state index < -0.39 is 0 Å². The zero-order chi connectivity index (χ0) is 6.24. The molecular weight excluding hydrogens is 100 g/mol. The molecule has 0 spiro atoms. The van der Waals surface area contributed by atoms with Crippen LogP contribution in [0.3, 0.4) is 0 Å². The SMILES string of the molecule is C#CCOCC=CC. The molecule has 1 heteroatoms. The Morgan fingerprint density at radius 3 is 3.00 bits per heavy atom. The molecule has 0 rings (SSSR count). The van der Waals surface area contributed by atoms with Gasteiger partial charge in [0.05, 0.1) is 6.61 Å². The maximum atomic E-state index is 4.91. The predicted octanol–water partition coefficient (Wildman–Crippen LogP) is 1.21. The molecule has 0 aliphatic heterocycles. The van der Waals surface area contributed by atoms with Crippen LogP contribution in [0.4, 0.5) is 0 Å². The summed E-state index contributed by atoms with van der Waals surface area (Å²) in [6.07, 6.45) is 8.75. The summed E-state index contributed by atoms with van der Waals surface area (Å²) < 4.78 is 4.90. The third-order valence-electron chi connectivity index (χ3n) is 0.635. The second-order valence-corrected chi connectivity index (χ2v) is 1.29. The second-order valence-electron chi connectivity index (χ2n) is 1.29. The number of allylic oxidation sites excluding steroid dienone is 1. The normalized spacial score (nSPS) is 9.50. The Morgan fingerprint density at radius 2 is 2.50 bits per heavy atom. The van der Waals surface area contributed by atoms with E-state index in [0.717, 1.165) is 0 Å². The third kappa shape index (κ3) is 5.26. The average Bonchev–Trinajstić information content (AvgIpc) is 1.81. The molecule has 0 aliphatic carbocycles. The van der Waals surface area contributed by atoms with E-state index in [0.29, 0.717) is 13.2 Å². The number of ether oxygens (including phenoxy) is 1. The molecule has 0 atom stereocenters. The van der Waals surface area contributed by atoms with Crippen LogP contribution < -0.4 is 0 Å². The van der Waals surface area contributed by atoms with Crippen LogP contribution in [0, 0.1) is 12.3 Å². The van der Waals surface area contributed by atoms with Crippen molar-refractivity contribution in [2.45, 2.75) is 6.92 Å². The highest BCUT2D eigenvalue weighted by Crippen LogP contribution is 1.74. The van der Waals surface area contributed by atoms with Gasteiger partial charge in [-0.05, 0) is 6.92 Å². The highest BCUT2D eigenvalue weighted by Gasteiger charge is 1.72.